The molecule has 0 saturated carbocycles. The minimum absolute atomic E-state index is 0.00775. The molecule has 3 rings (SSSR count). The average Bonchev–Trinajstić information content (AvgIpc) is 2.56. The standard InChI is InChI=1S/C13H16F2N2/c14-10-5-8-7-13(1-3-17-4-2-13)12(16)9(8)6-11(10)15/h5-6,12,17H,1-4,7,16H2. The first kappa shape index (κ1) is 11.1. The average molecular weight is 238 g/mol. The first-order valence-corrected chi connectivity index (χ1v) is 6.06. The number of nitrogens with one attached hydrogen (secondary N) is 1. The maximum Gasteiger partial charge on any atom is 0.159 e. The zero-order chi connectivity index (χ0) is 12.0. The lowest BCUT2D eigenvalue weighted by molar-refractivity contribution is 0.174. The number of nitrogens with two attached hydrogens (primary N) is 1. The Kier molecular flexibility index (Phi) is 2.45. The van der Waals surface area contributed by atoms with Crippen LogP contribution in [0, 0.1) is 17.0 Å². The van der Waals surface area contributed by atoms with E-state index in [-0.39, 0.29) is 11.5 Å². The van der Waals surface area contributed by atoms with Crippen LogP contribution in [0.5, 0.6) is 0 Å². The van der Waals surface area contributed by atoms with E-state index < -0.39 is 11.6 Å². The van der Waals surface area contributed by atoms with Crippen LogP contribution >= 0.6 is 0 Å². The molecule has 1 aromatic rings. The second kappa shape index (κ2) is 3.75. The van der Waals surface area contributed by atoms with Gasteiger partial charge in [-0.15, -0.1) is 0 Å². The molecule has 3 N–H and O–H groups in total. The number of piperidine rings is 1. The molecule has 1 saturated heterocycles. The van der Waals surface area contributed by atoms with Crippen molar-refractivity contribution in [2.24, 2.45) is 11.1 Å². The van der Waals surface area contributed by atoms with Gasteiger partial charge in [0.1, 0.15) is 0 Å². The van der Waals surface area contributed by atoms with Crippen molar-refractivity contribution in [1.82, 2.24) is 5.32 Å². The Morgan fingerprint density at radius 3 is 2.53 bits per heavy atom. The largest absolute Gasteiger partial charge is 0.323 e. The van der Waals surface area contributed by atoms with E-state index in [2.05, 4.69) is 5.32 Å². The van der Waals surface area contributed by atoms with Crippen molar-refractivity contribution in [3.8, 4) is 0 Å². The van der Waals surface area contributed by atoms with E-state index in [4.69, 9.17) is 5.73 Å². The molecule has 1 aliphatic carbocycles. The molecule has 1 atom stereocenters. The molecule has 0 radical (unpaired) electrons. The number of halogens is 2. The summed E-state index contributed by atoms with van der Waals surface area (Å²) in [5.41, 5.74) is 7.95. The van der Waals surface area contributed by atoms with Crippen LogP contribution in [-0.4, -0.2) is 13.1 Å². The minimum atomic E-state index is -0.787. The molecule has 92 valence electrons. The van der Waals surface area contributed by atoms with Gasteiger partial charge in [-0.2, -0.15) is 0 Å². The van der Waals surface area contributed by atoms with Crippen LogP contribution in [0.1, 0.15) is 30.0 Å². The SMILES string of the molecule is NC1c2cc(F)c(F)cc2CC12CCNCC2. The van der Waals surface area contributed by atoms with Gasteiger partial charge in [0.05, 0.1) is 0 Å². The predicted molar refractivity (Wildman–Crippen MR) is 61.5 cm³/mol. The van der Waals surface area contributed by atoms with E-state index in [1.807, 2.05) is 0 Å². The quantitative estimate of drug-likeness (QED) is 0.724. The molecule has 0 aromatic heterocycles. The van der Waals surface area contributed by atoms with E-state index in [1.165, 1.54) is 12.1 Å². The van der Waals surface area contributed by atoms with Gasteiger partial charge in [-0.1, -0.05) is 0 Å². The Balaban J connectivity index is 2.01. The van der Waals surface area contributed by atoms with Gasteiger partial charge in [0.25, 0.3) is 0 Å². The highest BCUT2D eigenvalue weighted by molar-refractivity contribution is 5.39. The maximum atomic E-state index is 13.3. The fourth-order valence-corrected chi connectivity index (χ4v) is 3.28. The Morgan fingerprint density at radius 1 is 1.18 bits per heavy atom. The van der Waals surface area contributed by atoms with Crippen molar-refractivity contribution in [3.05, 3.63) is 34.9 Å². The summed E-state index contributed by atoms with van der Waals surface area (Å²) in [5, 5.41) is 3.30. The zero-order valence-electron chi connectivity index (χ0n) is 9.60. The first-order valence-electron chi connectivity index (χ1n) is 6.06. The van der Waals surface area contributed by atoms with Crippen LogP contribution in [0.4, 0.5) is 8.78 Å². The third-order valence-electron chi connectivity index (χ3n) is 4.32. The monoisotopic (exact) mass is 238 g/mol. The van der Waals surface area contributed by atoms with Gasteiger partial charge in [0.15, 0.2) is 11.6 Å². The Bertz CT molecular complexity index is 453. The smallest absolute Gasteiger partial charge is 0.159 e. The molecule has 0 bridgehead atoms. The van der Waals surface area contributed by atoms with E-state index >= 15 is 0 Å². The highest BCUT2D eigenvalue weighted by atomic mass is 19.2. The molecule has 0 amide bonds. The molecule has 1 fully saturated rings. The molecule has 1 heterocycles. The highest BCUT2D eigenvalue weighted by Crippen LogP contribution is 2.49. The summed E-state index contributed by atoms with van der Waals surface area (Å²) >= 11 is 0. The summed E-state index contributed by atoms with van der Waals surface area (Å²) in [6.07, 6.45) is 2.74. The van der Waals surface area contributed by atoms with Crippen LogP contribution in [0.2, 0.25) is 0 Å². The number of fused-ring (bicyclic) bond motifs is 1. The van der Waals surface area contributed by atoms with Gasteiger partial charge >= 0.3 is 0 Å². The van der Waals surface area contributed by atoms with Crippen LogP contribution in [0.3, 0.4) is 0 Å². The minimum Gasteiger partial charge on any atom is -0.323 e. The second-order valence-electron chi connectivity index (χ2n) is 5.23. The Morgan fingerprint density at radius 2 is 1.82 bits per heavy atom. The highest BCUT2D eigenvalue weighted by Gasteiger charge is 2.45. The molecule has 1 unspecified atom stereocenters. The summed E-state index contributed by atoms with van der Waals surface area (Å²) in [5.74, 6) is -1.55. The number of rotatable bonds is 0. The van der Waals surface area contributed by atoms with Crippen molar-refractivity contribution in [2.45, 2.75) is 25.3 Å². The number of hydrogen-bond acceptors (Lipinski definition) is 2. The normalized spacial score (nSPS) is 26.2. The van der Waals surface area contributed by atoms with Crippen molar-refractivity contribution in [3.63, 3.8) is 0 Å². The summed E-state index contributed by atoms with van der Waals surface area (Å²) in [6.45, 7) is 1.87. The van der Waals surface area contributed by atoms with Crippen LogP contribution in [0.15, 0.2) is 12.1 Å². The van der Waals surface area contributed by atoms with Crippen LogP contribution in [-0.2, 0) is 6.42 Å². The molecule has 17 heavy (non-hydrogen) atoms. The third kappa shape index (κ3) is 1.58. The topological polar surface area (TPSA) is 38.0 Å². The van der Waals surface area contributed by atoms with Crippen molar-refractivity contribution < 1.29 is 8.78 Å². The molecule has 2 nitrogen and oxygen atoms in total. The first-order chi connectivity index (χ1) is 8.12. The van der Waals surface area contributed by atoms with Gasteiger partial charge in [-0.05, 0) is 61.0 Å². The molecule has 1 aromatic carbocycles. The fraction of sp³-hybridized carbons (Fsp3) is 0.538. The lowest BCUT2D eigenvalue weighted by Crippen LogP contribution is -2.42. The molecular formula is C13H16F2N2. The summed E-state index contributed by atoms with van der Waals surface area (Å²) in [6, 6.07) is 2.45. The number of hydrogen-bond donors (Lipinski definition) is 2. The molecule has 1 aliphatic heterocycles. The van der Waals surface area contributed by atoms with Crippen LogP contribution < -0.4 is 11.1 Å². The van der Waals surface area contributed by atoms with Crippen molar-refractivity contribution >= 4 is 0 Å². The van der Waals surface area contributed by atoms with Crippen LogP contribution in [0.25, 0.3) is 0 Å². The van der Waals surface area contributed by atoms with Crippen molar-refractivity contribution in [1.29, 1.82) is 0 Å². The third-order valence-corrected chi connectivity index (χ3v) is 4.32. The van der Waals surface area contributed by atoms with Gasteiger partial charge < -0.3 is 11.1 Å². The number of benzene rings is 1. The Hall–Kier alpha value is -1.00. The molecular weight excluding hydrogens is 222 g/mol. The summed E-state index contributed by atoms with van der Waals surface area (Å²) in [7, 11) is 0. The maximum absolute atomic E-state index is 13.3. The lowest BCUT2D eigenvalue weighted by Gasteiger charge is -2.37. The summed E-state index contributed by atoms with van der Waals surface area (Å²) < 4.78 is 26.5. The van der Waals surface area contributed by atoms with Gasteiger partial charge in [0, 0.05) is 6.04 Å². The van der Waals surface area contributed by atoms with E-state index in [0.29, 0.717) is 0 Å². The van der Waals surface area contributed by atoms with E-state index in [1.54, 1.807) is 0 Å². The predicted octanol–water partition coefficient (Wildman–Crippen LogP) is 1.89. The second-order valence-corrected chi connectivity index (χ2v) is 5.23. The molecule has 2 aliphatic rings. The molecule has 4 heteroatoms. The van der Waals surface area contributed by atoms with Gasteiger partial charge in [-0.25, -0.2) is 8.78 Å². The van der Waals surface area contributed by atoms with Gasteiger partial charge in [0.2, 0.25) is 0 Å². The van der Waals surface area contributed by atoms with E-state index in [0.717, 1.165) is 43.5 Å². The fourth-order valence-electron chi connectivity index (χ4n) is 3.28. The lowest BCUT2D eigenvalue weighted by atomic mass is 9.73. The molecule has 1 spiro atoms. The van der Waals surface area contributed by atoms with E-state index in [9.17, 15) is 8.78 Å². The Labute approximate surface area is 99.2 Å². The zero-order valence-corrected chi connectivity index (χ0v) is 9.60. The summed E-state index contributed by atoms with van der Waals surface area (Å²) in [4.78, 5) is 0. The van der Waals surface area contributed by atoms with Gasteiger partial charge in [-0.3, -0.25) is 0 Å². The van der Waals surface area contributed by atoms with Crippen molar-refractivity contribution in [2.75, 3.05) is 13.1 Å².